The van der Waals surface area contributed by atoms with E-state index in [9.17, 15) is 0 Å². The predicted molar refractivity (Wildman–Crippen MR) is 122 cm³/mol. The van der Waals surface area contributed by atoms with Crippen molar-refractivity contribution >= 4 is 61.4 Å². The number of thiophene rings is 1. The van der Waals surface area contributed by atoms with Crippen LogP contribution >= 0.6 is 39.0 Å². The second-order valence-electron chi connectivity index (χ2n) is 6.99. The van der Waals surface area contributed by atoms with Crippen LogP contribution in [-0.2, 0) is 19.9 Å². The SMILES string of the molecule is Cn1cnnc1Sc1nc(C=Cc2ccc(Br)cc2)nc2sc3c(c12)CCCC3. The Labute approximate surface area is 185 Å². The van der Waals surface area contributed by atoms with Gasteiger partial charge in [0, 0.05) is 21.8 Å². The summed E-state index contributed by atoms with van der Waals surface area (Å²) in [5.41, 5.74) is 2.55. The lowest BCUT2D eigenvalue weighted by Crippen LogP contribution is -2.00. The maximum Gasteiger partial charge on any atom is 0.197 e. The Morgan fingerprint density at radius 1 is 1.10 bits per heavy atom. The van der Waals surface area contributed by atoms with Crippen LogP contribution in [0.15, 0.2) is 45.2 Å². The molecular weight excluding hydrogens is 466 g/mol. The summed E-state index contributed by atoms with van der Waals surface area (Å²) in [7, 11) is 1.96. The minimum Gasteiger partial charge on any atom is -0.311 e. The molecule has 0 radical (unpaired) electrons. The Hall–Kier alpha value is -2.03. The van der Waals surface area contributed by atoms with E-state index in [1.54, 1.807) is 18.1 Å². The van der Waals surface area contributed by atoms with Crippen LogP contribution in [0.4, 0.5) is 0 Å². The van der Waals surface area contributed by atoms with Crippen molar-refractivity contribution in [2.45, 2.75) is 35.9 Å². The maximum absolute atomic E-state index is 4.91. The average molecular weight is 484 g/mol. The lowest BCUT2D eigenvalue weighted by atomic mass is 9.97. The minimum absolute atomic E-state index is 0.726. The van der Waals surface area contributed by atoms with Crippen molar-refractivity contribution < 1.29 is 0 Å². The molecule has 4 aromatic rings. The third kappa shape index (κ3) is 3.89. The summed E-state index contributed by atoms with van der Waals surface area (Å²) in [6.07, 6.45) is 10.5. The maximum atomic E-state index is 4.91. The number of rotatable bonds is 4. The van der Waals surface area contributed by atoms with Crippen LogP contribution in [0.5, 0.6) is 0 Å². The van der Waals surface area contributed by atoms with Crippen LogP contribution in [0.2, 0.25) is 0 Å². The molecule has 5 nitrogen and oxygen atoms in total. The van der Waals surface area contributed by atoms with Gasteiger partial charge in [-0.25, -0.2) is 9.97 Å². The molecule has 8 heteroatoms. The number of halogens is 1. The first-order valence-electron chi connectivity index (χ1n) is 9.45. The summed E-state index contributed by atoms with van der Waals surface area (Å²) in [4.78, 5) is 12.3. The first-order valence-corrected chi connectivity index (χ1v) is 11.9. The van der Waals surface area contributed by atoms with Gasteiger partial charge in [0.1, 0.15) is 16.2 Å². The van der Waals surface area contributed by atoms with Gasteiger partial charge in [0.25, 0.3) is 0 Å². The predicted octanol–water partition coefficient (Wildman–Crippen LogP) is 5.78. The van der Waals surface area contributed by atoms with Crippen molar-refractivity contribution in [3.8, 4) is 0 Å². The molecule has 146 valence electrons. The van der Waals surface area contributed by atoms with Gasteiger partial charge in [-0.3, -0.25) is 0 Å². The van der Waals surface area contributed by atoms with Crippen molar-refractivity contribution in [1.82, 2.24) is 24.7 Å². The second kappa shape index (κ2) is 8.01. The van der Waals surface area contributed by atoms with Crippen molar-refractivity contribution in [3.05, 3.63) is 56.9 Å². The van der Waals surface area contributed by atoms with Gasteiger partial charge < -0.3 is 4.57 Å². The van der Waals surface area contributed by atoms with Gasteiger partial charge in [0.05, 0.1) is 0 Å². The van der Waals surface area contributed by atoms with Crippen LogP contribution in [0.3, 0.4) is 0 Å². The van der Waals surface area contributed by atoms with E-state index in [4.69, 9.17) is 9.97 Å². The molecule has 3 heterocycles. The molecule has 5 rings (SSSR count). The molecule has 0 amide bonds. The lowest BCUT2D eigenvalue weighted by Gasteiger charge is -2.11. The van der Waals surface area contributed by atoms with Gasteiger partial charge in [0.15, 0.2) is 11.0 Å². The van der Waals surface area contributed by atoms with E-state index in [2.05, 4.69) is 44.3 Å². The van der Waals surface area contributed by atoms with E-state index in [1.807, 2.05) is 41.2 Å². The molecule has 0 spiro atoms. The van der Waals surface area contributed by atoms with Gasteiger partial charge in [-0.05, 0) is 66.8 Å². The molecule has 29 heavy (non-hydrogen) atoms. The van der Waals surface area contributed by atoms with Crippen LogP contribution in [0.25, 0.3) is 22.4 Å². The standard InChI is InChI=1S/C21H18BrN5S2/c1-27-12-23-26-21(27)29-20-18-15-4-2-3-5-16(15)28-19(18)24-17(25-20)11-8-13-6-9-14(22)10-7-13/h6-12H,2-5H2,1H3. The highest BCUT2D eigenvalue weighted by atomic mass is 79.9. The average Bonchev–Trinajstić information content (AvgIpc) is 3.30. The molecule has 3 aromatic heterocycles. The van der Waals surface area contributed by atoms with Gasteiger partial charge in [-0.1, -0.05) is 34.1 Å². The quantitative estimate of drug-likeness (QED) is 0.344. The molecule has 0 atom stereocenters. The fourth-order valence-electron chi connectivity index (χ4n) is 3.48. The summed E-state index contributed by atoms with van der Waals surface area (Å²) in [6.45, 7) is 0. The van der Waals surface area contributed by atoms with Gasteiger partial charge in [-0.15, -0.1) is 21.5 Å². The number of hydrogen-bond acceptors (Lipinski definition) is 6. The Bertz CT molecular complexity index is 1210. The number of fused-ring (bicyclic) bond motifs is 3. The molecule has 0 saturated heterocycles. The Balaban J connectivity index is 1.60. The molecule has 0 aliphatic heterocycles. The van der Waals surface area contributed by atoms with Gasteiger partial charge in [0.2, 0.25) is 0 Å². The van der Waals surface area contributed by atoms with E-state index in [1.165, 1.54) is 28.7 Å². The number of benzene rings is 1. The van der Waals surface area contributed by atoms with Crippen molar-refractivity contribution in [2.75, 3.05) is 0 Å². The van der Waals surface area contributed by atoms with E-state index >= 15 is 0 Å². The van der Waals surface area contributed by atoms with Crippen LogP contribution in [0.1, 0.15) is 34.7 Å². The molecule has 1 aliphatic rings. The van der Waals surface area contributed by atoms with Gasteiger partial charge in [-0.2, -0.15) is 0 Å². The smallest absolute Gasteiger partial charge is 0.197 e. The number of aryl methyl sites for hydroxylation is 3. The van der Waals surface area contributed by atoms with E-state index in [-0.39, 0.29) is 0 Å². The van der Waals surface area contributed by atoms with Crippen molar-refractivity contribution in [1.29, 1.82) is 0 Å². The first kappa shape index (κ1) is 19.0. The Morgan fingerprint density at radius 2 is 1.93 bits per heavy atom. The topological polar surface area (TPSA) is 56.5 Å². The molecule has 1 aromatic carbocycles. The first-order chi connectivity index (χ1) is 14.2. The Morgan fingerprint density at radius 3 is 2.72 bits per heavy atom. The largest absolute Gasteiger partial charge is 0.311 e. The lowest BCUT2D eigenvalue weighted by molar-refractivity contribution is 0.699. The fourth-order valence-corrected chi connectivity index (χ4v) is 5.99. The van der Waals surface area contributed by atoms with Crippen LogP contribution < -0.4 is 0 Å². The third-order valence-corrected chi connectivity index (χ3v) is 7.71. The number of aromatic nitrogens is 5. The second-order valence-corrected chi connectivity index (χ2v) is 9.94. The zero-order chi connectivity index (χ0) is 19.8. The summed E-state index contributed by atoms with van der Waals surface area (Å²) in [5.74, 6) is 0.726. The third-order valence-electron chi connectivity index (χ3n) is 4.95. The summed E-state index contributed by atoms with van der Waals surface area (Å²) < 4.78 is 2.99. The zero-order valence-electron chi connectivity index (χ0n) is 15.8. The molecule has 0 saturated carbocycles. The van der Waals surface area contributed by atoms with E-state index in [0.29, 0.717) is 0 Å². The number of nitrogens with zero attached hydrogens (tertiary/aromatic N) is 5. The Kier molecular flexibility index (Phi) is 5.24. The highest BCUT2D eigenvalue weighted by Crippen LogP contribution is 2.41. The van der Waals surface area contributed by atoms with Crippen LogP contribution in [-0.4, -0.2) is 24.7 Å². The van der Waals surface area contributed by atoms with E-state index < -0.39 is 0 Å². The fraction of sp³-hybridized carbons (Fsp3) is 0.238. The molecule has 0 N–H and O–H groups in total. The zero-order valence-corrected chi connectivity index (χ0v) is 19.0. The number of hydrogen-bond donors (Lipinski definition) is 0. The van der Waals surface area contributed by atoms with E-state index in [0.717, 1.165) is 43.7 Å². The van der Waals surface area contributed by atoms with Gasteiger partial charge >= 0.3 is 0 Å². The minimum atomic E-state index is 0.726. The normalized spacial score (nSPS) is 14.0. The highest BCUT2D eigenvalue weighted by molar-refractivity contribution is 9.10. The monoisotopic (exact) mass is 483 g/mol. The van der Waals surface area contributed by atoms with Crippen molar-refractivity contribution in [3.63, 3.8) is 0 Å². The molecule has 0 unspecified atom stereocenters. The molecule has 0 fully saturated rings. The van der Waals surface area contributed by atoms with Crippen LogP contribution in [0, 0.1) is 0 Å². The van der Waals surface area contributed by atoms with Crippen molar-refractivity contribution in [2.24, 2.45) is 7.05 Å². The molecule has 0 bridgehead atoms. The summed E-state index contributed by atoms with van der Waals surface area (Å²) >= 11 is 6.87. The summed E-state index contributed by atoms with van der Waals surface area (Å²) in [5, 5.41) is 11.3. The summed E-state index contributed by atoms with van der Waals surface area (Å²) in [6, 6.07) is 8.20. The highest BCUT2D eigenvalue weighted by Gasteiger charge is 2.22. The molecular formula is C21H18BrN5S2. The molecule has 1 aliphatic carbocycles.